The molecule has 4 rings (SSSR count). The van der Waals surface area contributed by atoms with Gasteiger partial charge in [-0.2, -0.15) is 0 Å². The number of hydrogen-bond acceptors (Lipinski definition) is 4. The van der Waals surface area contributed by atoms with Gasteiger partial charge in [-0.1, -0.05) is 48.5 Å². The maximum Gasteiger partial charge on any atom is 0.264 e. The summed E-state index contributed by atoms with van der Waals surface area (Å²) in [5.41, 5.74) is 2.17. The van der Waals surface area contributed by atoms with Gasteiger partial charge in [-0.3, -0.25) is 13.9 Å². The lowest BCUT2D eigenvalue weighted by Gasteiger charge is -2.21. The van der Waals surface area contributed by atoms with Crippen molar-refractivity contribution < 1.29 is 13.2 Å². The molecule has 0 aliphatic carbocycles. The predicted molar refractivity (Wildman–Crippen MR) is 134 cm³/mol. The van der Waals surface area contributed by atoms with Gasteiger partial charge in [0.2, 0.25) is 5.43 Å². The van der Waals surface area contributed by atoms with Gasteiger partial charge in [0, 0.05) is 37.7 Å². The van der Waals surface area contributed by atoms with Crippen LogP contribution in [0.4, 0.5) is 5.69 Å². The van der Waals surface area contributed by atoms with Crippen molar-refractivity contribution in [2.24, 2.45) is 0 Å². The smallest absolute Gasteiger partial charge is 0.264 e. The number of aromatic nitrogens is 1. The largest absolute Gasteiger partial charge is 0.360 e. The van der Waals surface area contributed by atoms with Crippen molar-refractivity contribution in [2.45, 2.75) is 18.4 Å². The number of anilines is 1. The molecule has 4 aromatic rings. The Balaban J connectivity index is 1.71. The molecule has 0 spiro atoms. The first-order chi connectivity index (χ1) is 16.2. The summed E-state index contributed by atoms with van der Waals surface area (Å²) in [6.07, 6.45) is 1.38. The van der Waals surface area contributed by atoms with E-state index in [1.165, 1.54) is 40.6 Å². The summed E-state index contributed by atoms with van der Waals surface area (Å²) in [6.45, 7) is 2.17. The molecular weight excluding hydrogens is 450 g/mol. The molecule has 7 nitrogen and oxygen atoms in total. The second-order valence-electron chi connectivity index (χ2n) is 8.14. The van der Waals surface area contributed by atoms with Crippen LogP contribution in [0.25, 0.3) is 10.9 Å². The summed E-state index contributed by atoms with van der Waals surface area (Å²) in [4.78, 5) is 30.6. The third-order valence-electron chi connectivity index (χ3n) is 5.81. The van der Waals surface area contributed by atoms with E-state index < -0.39 is 21.4 Å². The topological polar surface area (TPSA) is 90.6 Å². The van der Waals surface area contributed by atoms with E-state index in [-0.39, 0.29) is 15.8 Å². The van der Waals surface area contributed by atoms with Crippen LogP contribution in [0.1, 0.15) is 21.5 Å². The molecule has 0 saturated heterocycles. The first-order valence-corrected chi connectivity index (χ1v) is 12.1. The number of para-hydroxylation sites is 1. The number of nitrogens with one attached hydrogen (secondary N) is 1. The third kappa shape index (κ3) is 4.32. The molecule has 0 radical (unpaired) electrons. The zero-order valence-electron chi connectivity index (χ0n) is 19.1. The van der Waals surface area contributed by atoms with Crippen LogP contribution < -0.4 is 9.73 Å². The van der Waals surface area contributed by atoms with Gasteiger partial charge in [0.1, 0.15) is 5.56 Å². The predicted octanol–water partition coefficient (Wildman–Crippen LogP) is 3.93. The molecule has 0 bridgehead atoms. The molecule has 0 unspecified atom stereocenters. The number of H-pyrrole nitrogens is 1. The average Bonchev–Trinajstić information content (AvgIpc) is 2.84. The van der Waals surface area contributed by atoms with Gasteiger partial charge in [-0.05, 0) is 42.3 Å². The molecule has 1 N–H and O–H groups in total. The van der Waals surface area contributed by atoms with Gasteiger partial charge in [0.15, 0.2) is 0 Å². The number of pyridine rings is 1. The second kappa shape index (κ2) is 9.15. The number of benzene rings is 3. The highest BCUT2D eigenvalue weighted by Gasteiger charge is 2.24. The highest BCUT2D eigenvalue weighted by molar-refractivity contribution is 7.92. The number of rotatable bonds is 6. The molecular formula is C26H25N3O4S. The van der Waals surface area contributed by atoms with E-state index in [2.05, 4.69) is 4.98 Å². The van der Waals surface area contributed by atoms with E-state index in [1.807, 2.05) is 49.4 Å². The number of hydrogen-bond donors (Lipinski definition) is 1. The number of aryl methyl sites for hydroxylation is 1. The van der Waals surface area contributed by atoms with Gasteiger partial charge in [-0.15, -0.1) is 0 Å². The fourth-order valence-corrected chi connectivity index (χ4v) is 5.14. The van der Waals surface area contributed by atoms with E-state index in [1.54, 1.807) is 19.2 Å². The lowest BCUT2D eigenvalue weighted by molar-refractivity contribution is 0.0783. The van der Waals surface area contributed by atoms with Gasteiger partial charge in [0.05, 0.1) is 10.6 Å². The molecule has 3 aromatic carbocycles. The van der Waals surface area contributed by atoms with Crippen LogP contribution in [0.3, 0.4) is 0 Å². The SMILES string of the molecule is Cc1ccccc1N(C)S(=O)(=O)c1ccc2[nH]cc(C(=O)N(C)Cc3ccccc3)c(=O)c2c1. The Morgan fingerprint density at radius 3 is 2.32 bits per heavy atom. The van der Waals surface area contributed by atoms with Crippen LogP contribution in [-0.2, 0) is 16.6 Å². The molecule has 1 amide bonds. The van der Waals surface area contributed by atoms with Crippen molar-refractivity contribution in [1.29, 1.82) is 0 Å². The van der Waals surface area contributed by atoms with Crippen LogP contribution in [0.15, 0.2) is 88.7 Å². The standard InChI is InChI=1S/C26H25N3O4S/c1-18-9-7-8-12-24(18)29(3)34(32,33)20-13-14-23-21(15-20)25(30)22(16-27-23)26(31)28(2)17-19-10-5-4-6-11-19/h4-16H,17H2,1-3H3,(H,27,30). The van der Waals surface area contributed by atoms with Gasteiger partial charge >= 0.3 is 0 Å². The van der Waals surface area contributed by atoms with Gasteiger partial charge in [-0.25, -0.2) is 8.42 Å². The number of carbonyl (C=O) groups is 1. The molecule has 8 heteroatoms. The Kier molecular flexibility index (Phi) is 6.26. The maximum atomic E-state index is 13.3. The molecule has 174 valence electrons. The van der Waals surface area contributed by atoms with Gasteiger partial charge in [0.25, 0.3) is 15.9 Å². The fourth-order valence-electron chi connectivity index (χ4n) is 3.86. The van der Waals surface area contributed by atoms with Crippen LogP contribution in [0, 0.1) is 6.92 Å². The summed E-state index contributed by atoms with van der Waals surface area (Å²) in [7, 11) is -0.829. The Hall–Kier alpha value is -3.91. The molecule has 1 heterocycles. The first-order valence-electron chi connectivity index (χ1n) is 10.7. The minimum Gasteiger partial charge on any atom is -0.360 e. The molecule has 0 aliphatic heterocycles. The summed E-state index contributed by atoms with van der Waals surface area (Å²) in [5, 5.41) is 0.137. The lowest BCUT2D eigenvalue weighted by atomic mass is 10.1. The highest BCUT2D eigenvalue weighted by atomic mass is 32.2. The number of sulfonamides is 1. The Morgan fingerprint density at radius 2 is 1.62 bits per heavy atom. The number of fused-ring (bicyclic) bond motifs is 1. The minimum absolute atomic E-state index is 0.0292. The summed E-state index contributed by atoms with van der Waals surface area (Å²) in [6, 6.07) is 20.9. The molecule has 0 aliphatic rings. The zero-order chi connectivity index (χ0) is 24.5. The van der Waals surface area contributed by atoms with Crippen molar-refractivity contribution >= 4 is 32.5 Å². The van der Waals surface area contributed by atoms with E-state index >= 15 is 0 Å². The zero-order valence-corrected chi connectivity index (χ0v) is 20.0. The van der Waals surface area contributed by atoms with Crippen molar-refractivity contribution in [3.8, 4) is 0 Å². The maximum absolute atomic E-state index is 13.3. The third-order valence-corrected chi connectivity index (χ3v) is 7.57. The summed E-state index contributed by atoms with van der Waals surface area (Å²) >= 11 is 0. The lowest BCUT2D eigenvalue weighted by Crippen LogP contribution is -2.31. The highest BCUT2D eigenvalue weighted by Crippen LogP contribution is 2.26. The minimum atomic E-state index is -3.93. The number of amides is 1. The number of carbonyl (C=O) groups excluding carboxylic acids is 1. The van der Waals surface area contributed by atoms with Crippen molar-refractivity contribution in [3.63, 3.8) is 0 Å². The molecule has 0 fully saturated rings. The Morgan fingerprint density at radius 1 is 0.941 bits per heavy atom. The van der Waals surface area contributed by atoms with Crippen LogP contribution >= 0.6 is 0 Å². The van der Waals surface area contributed by atoms with E-state index in [4.69, 9.17) is 0 Å². The van der Waals surface area contributed by atoms with Crippen LogP contribution in [-0.4, -0.2) is 38.3 Å². The van der Waals surface area contributed by atoms with Gasteiger partial charge < -0.3 is 9.88 Å². The summed E-state index contributed by atoms with van der Waals surface area (Å²) < 4.78 is 27.8. The first kappa shape index (κ1) is 23.3. The normalized spacial score (nSPS) is 11.4. The van der Waals surface area contributed by atoms with Crippen molar-refractivity contribution in [3.05, 3.63) is 106 Å². The molecule has 0 saturated carbocycles. The monoisotopic (exact) mass is 475 g/mol. The Bertz CT molecular complexity index is 1530. The fraction of sp³-hybridized carbons (Fsp3) is 0.154. The summed E-state index contributed by atoms with van der Waals surface area (Å²) in [5.74, 6) is -0.447. The quantitative estimate of drug-likeness (QED) is 0.457. The van der Waals surface area contributed by atoms with E-state index in [0.717, 1.165) is 11.1 Å². The number of nitrogens with zero attached hydrogens (tertiary/aromatic N) is 2. The van der Waals surface area contributed by atoms with Crippen molar-refractivity contribution in [2.75, 3.05) is 18.4 Å². The second-order valence-corrected chi connectivity index (χ2v) is 10.1. The van der Waals surface area contributed by atoms with Crippen molar-refractivity contribution in [1.82, 2.24) is 9.88 Å². The van der Waals surface area contributed by atoms with E-state index in [9.17, 15) is 18.0 Å². The van der Waals surface area contributed by atoms with E-state index in [0.29, 0.717) is 17.7 Å². The average molecular weight is 476 g/mol. The molecule has 0 atom stereocenters. The molecule has 34 heavy (non-hydrogen) atoms. The Labute approximate surface area is 198 Å². The van der Waals surface area contributed by atoms with Crippen LogP contribution in [0.2, 0.25) is 0 Å². The number of aromatic amines is 1. The van der Waals surface area contributed by atoms with Crippen LogP contribution in [0.5, 0.6) is 0 Å². The molecule has 1 aromatic heterocycles.